The van der Waals surface area contributed by atoms with Crippen LogP contribution in [0.5, 0.6) is 0 Å². The summed E-state index contributed by atoms with van der Waals surface area (Å²) in [6.07, 6.45) is 3.14. The Labute approximate surface area is 249 Å². The van der Waals surface area contributed by atoms with E-state index in [-0.39, 0.29) is 11.9 Å². The van der Waals surface area contributed by atoms with Gasteiger partial charge in [0.2, 0.25) is 11.9 Å². The monoisotopic (exact) mass is 588 g/mol. The van der Waals surface area contributed by atoms with Crippen molar-refractivity contribution >= 4 is 35.4 Å². The molecular formula is C29H36N10O4. The van der Waals surface area contributed by atoms with Crippen LogP contribution >= 0.6 is 0 Å². The lowest BCUT2D eigenvalue weighted by Crippen LogP contribution is -2.48. The van der Waals surface area contributed by atoms with Crippen molar-refractivity contribution in [2.24, 2.45) is 0 Å². The number of anilines is 4. The van der Waals surface area contributed by atoms with E-state index in [1.165, 1.54) is 5.06 Å². The van der Waals surface area contributed by atoms with Gasteiger partial charge in [0.05, 0.1) is 25.5 Å². The van der Waals surface area contributed by atoms with E-state index in [0.29, 0.717) is 86.6 Å². The molecule has 0 unspecified atom stereocenters. The van der Waals surface area contributed by atoms with Gasteiger partial charge < -0.3 is 30.0 Å². The Hall–Kier alpha value is -4.56. The van der Waals surface area contributed by atoms with Gasteiger partial charge in [-0.15, -0.1) is 0 Å². The second kappa shape index (κ2) is 12.4. The molecule has 2 saturated heterocycles. The van der Waals surface area contributed by atoms with E-state index >= 15 is 0 Å². The number of morpholine rings is 1. The van der Waals surface area contributed by atoms with E-state index in [4.69, 9.17) is 25.3 Å². The van der Waals surface area contributed by atoms with Gasteiger partial charge in [0.1, 0.15) is 0 Å². The Morgan fingerprint density at radius 3 is 2.49 bits per heavy atom. The zero-order chi connectivity index (χ0) is 29.9. The van der Waals surface area contributed by atoms with Crippen molar-refractivity contribution in [3.8, 4) is 11.3 Å². The van der Waals surface area contributed by atoms with E-state index in [1.54, 1.807) is 24.5 Å². The van der Waals surface area contributed by atoms with Crippen LogP contribution in [-0.2, 0) is 16.0 Å². The van der Waals surface area contributed by atoms with Crippen molar-refractivity contribution < 1.29 is 19.2 Å². The molecule has 2 aromatic heterocycles. The number of amides is 2. The predicted octanol–water partition coefficient (Wildman–Crippen LogP) is 1.96. The fourth-order valence-electron chi connectivity index (χ4n) is 5.48. The molecule has 2 fully saturated rings. The zero-order valence-electron chi connectivity index (χ0n) is 24.5. The Morgan fingerprint density at radius 1 is 1.02 bits per heavy atom. The quantitative estimate of drug-likeness (QED) is 0.432. The number of aromatic nitrogens is 4. The molecule has 0 spiro atoms. The number of nitrogens with one attached hydrogen (secondary N) is 1. The molecular weight excluding hydrogens is 552 g/mol. The number of aryl methyl sites for hydroxylation is 1. The third-order valence-electron chi connectivity index (χ3n) is 8.03. The number of ether oxygens (including phenoxy) is 1. The van der Waals surface area contributed by atoms with Crippen LogP contribution in [0.25, 0.3) is 11.3 Å². The van der Waals surface area contributed by atoms with Gasteiger partial charge in [0, 0.05) is 74.0 Å². The molecule has 0 aliphatic carbocycles. The lowest BCUT2D eigenvalue weighted by Gasteiger charge is -2.34. The molecule has 3 aliphatic heterocycles. The lowest BCUT2D eigenvalue weighted by molar-refractivity contribution is 0.0643. The first-order valence-electron chi connectivity index (χ1n) is 14.6. The van der Waals surface area contributed by atoms with Crippen molar-refractivity contribution in [3.05, 3.63) is 47.3 Å². The number of nitrogens with zero attached hydrogens (tertiary/aromatic N) is 8. The third kappa shape index (κ3) is 6.15. The van der Waals surface area contributed by atoms with Crippen LogP contribution in [0, 0.1) is 6.92 Å². The average Bonchev–Trinajstić information content (AvgIpc) is 3.44. The number of carbonyl (C=O) groups excluding carboxylic acids is 2. The van der Waals surface area contributed by atoms with Gasteiger partial charge in [-0.05, 0) is 37.6 Å². The van der Waals surface area contributed by atoms with Crippen LogP contribution in [0.1, 0.15) is 28.4 Å². The number of nitrogens with two attached hydrogens (primary N) is 1. The number of likely N-dealkylation sites (N-methyl/N-ethyl adjacent to an activating group) is 1. The fraction of sp³-hybridized carbons (Fsp3) is 0.448. The minimum atomic E-state index is -0.680. The lowest BCUT2D eigenvalue weighted by atomic mass is 10.1. The number of hydrogen-bond donors (Lipinski definition) is 2. The van der Waals surface area contributed by atoms with Crippen LogP contribution < -0.4 is 21.0 Å². The number of hydroxylamine groups is 1. The first-order chi connectivity index (χ1) is 20.9. The Balaban J connectivity index is 1.20. The molecule has 5 heterocycles. The van der Waals surface area contributed by atoms with Crippen LogP contribution in [0.2, 0.25) is 0 Å². The molecule has 3 aliphatic rings. The number of piperazine rings is 1. The second-order valence-corrected chi connectivity index (χ2v) is 10.7. The topological polar surface area (TPSA) is 155 Å². The summed E-state index contributed by atoms with van der Waals surface area (Å²) in [5.74, 6) is 1.13. The minimum Gasteiger partial charge on any atom is -0.378 e. The maximum atomic E-state index is 13.2. The maximum Gasteiger partial charge on any atom is 0.436 e. The number of fused-ring (bicyclic) bond motifs is 1. The SMILES string of the molecule is CCN1CCN(C(=O)c2ccc(C)c(NC(=O)ON3CCc4c(-c5cnc(N)nc5)nc(N5CCOCC5)nc43)c2)CC1. The molecule has 0 atom stereocenters. The molecule has 3 N–H and O–H groups in total. The second-order valence-electron chi connectivity index (χ2n) is 10.7. The van der Waals surface area contributed by atoms with Gasteiger partial charge in [-0.1, -0.05) is 13.0 Å². The van der Waals surface area contributed by atoms with E-state index in [0.717, 1.165) is 30.8 Å². The molecule has 43 heavy (non-hydrogen) atoms. The Kier molecular flexibility index (Phi) is 8.20. The van der Waals surface area contributed by atoms with Gasteiger partial charge in [0.15, 0.2) is 5.82 Å². The van der Waals surface area contributed by atoms with Crippen LogP contribution in [0.3, 0.4) is 0 Å². The molecule has 6 rings (SSSR count). The number of nitrogen functional groups attached to an aromatic ring is 1. The largest absolute Gasteiger partial charge is 0.436 e. The third-order valence-corrected chi connectivity index (χ3v) is 8.03. The summed E-state index contributed by atoms with van der Waals surface area (Å²) in [6, 6.07) is 5.34. The van der Waals surface area contributed by atoms with E-state index in [9.17, 15) is 9.59 Å². The highest BCUT2D eigenvalue weighted by Gasteiger charge is 2.31. The summed E-state index contributed by atoms with van der Waals surface area (Å²) in [4.78, 5) is 56.3. The zero-order valence-corrected chi connectivity index (χ0v) is 24.5. The molecule has 1 aromatic carbocycles. The highest BCUT2D eigenvalue weighted by Crippen LogP contribution is 2.35. The fourth-order valence-corrected chi connectivity index (χ4v) is 5.48. The molecule has 0 bridgehead atoms. The Bertz CT molecular complexity index is 1490. The summed E-state index contributed by atoms with van der Waals surface area (Å²) < 4.78 is 5.50. The predicted molar refractivity (Wildman–Crippen MR) is 161 cm³/mol. The van der Waals surface area contributed by atoms with Gasteiger partial charge in [0.25, 0.3) is 5.91 Å². The molecule has 14 nitrogen and oxygen atoms in total. The van der Waals surface area contributed by atoms with E-state index in [1.807, 2.05) is 22.8 Å². The summed E-state index contributed by atoms with van der Waals surface area (Å²) in [6.45, 7) is 10.8. The molecule has 14 heteroatoms. The smallest absolute Gasteiger partial charge is 0.378 e. The standard InChI is InChI=1S/C29H36N10O4/c1-3-36-8-10-37(11-9-36)26(40)20-5-4-19(2)23(16-20)33-29(41)43-39-7-6-22-24(21-17-31-27(30)32-18-21)34-28(35-25(22)39)38-12-14-42-15-13-38/h4-5,16-18H,3,6-15H2,1-2H3,(H,33,41)(H2,30,31,32). The van der Waals surface area contributed by atoms with Crippen molar-refractivity contribution in [1.82, 2.24) is 29.7 Å². The average molecular weight is 589 g/mol. The Morgan fingerprint density at radius 2 is 1.77 bits per heavy atom. The van der Waals surface area contributed by atoms with Gasteiger partial charge >= 0.3 is 6.09 Å². The van der Waals surface area contributed by atoms with Gasteiger partial charge in [-0.2, -0.15) is 10.0 Å². The van der Waals surface area contributed by atoms with Gasteiger partial charge in [-0.3, -0.25) is 10.1 Å². The van der Waals surface area contributed by atoms with Gasteiger partial charge in [-0.25, -0.2) is 19.7 Å². The molecule has 226 valence electrons. The highest BCUT2D eigenvalue weighted by molar-refractivity contribution is 5.97. The van der Waals surface area contributed by atoms with Crippen molar-refractivity contribution in [3.63, 3.8) is 0 Å². The normalized spacial score (nSPS) is 17.1. The van der Waals surface area contributed by atoms with Crippen LogP contribution in [0.4, 0.5) is 28.2 Å². The van der Waals surface area contributed by atoms with Crippen molar-refractivity contribution in [1.29, 1.82) is 0 Å². The number of benzene rings is 1. The minimum absolute atomic E-state index is 0.0489. The van der Waals surface area contributed by atoms with Crippen molar-refractivity contribution in [2.75, 3.05) is 86.6 Å². The van der Waals surface area contributed by atoms with E-state index in [2.05, 4.69) is 27.1 Å². The maximum absolute atomic E-state index is 13.2. The first-order valence-corrected chi connectivity index (χ1v) is 14.6. The summed E-state index contributed by atoms with van der Waals surface area (Å²) >= 11 is 0. The van der Waals surface area contributed by atoms with Crippen LogP contribution in [0.15, 0.2) is 30.6 Å². The van der Waals surface area contributed by atoms with Crippen molar-refractivity contribution in [2.45, 2.75) is 20.3 Å². The molecule has 0 saturated carbocycles. The number of hydrogen-bond acceptors (Lipinski definition) is 12. The van der Waals surface area contributed by atoms with Crippen LogP contribution in [-0.4, -0.2) is 107 Å². The number of rotatable bonds is 6. The van der Waals surface area contributed by atoms with E-state index < -0.39 is 6.09 Å². The summed E-state index contributed by atoms with van der Waals surface area (Å²) in [5.41, 5.74) is 9.75. The first kappa shape index (κ1) is 28.6. The summed E-state index contributed by atoms with van der Waals surface area (Å²) in [5, 5.41) is 4.31. The summed E-state index contributed by atoms with van der Waals surface area (Å²) in [7, 11) is 0. The number of carbonyl (C=O) groups is 2. The molecule has 3 aromatic rings. The molecule has 2 amide bonds. The molecule has 0 radical (unpaired) electrons. The highest BCUT2D eigenvalue weighted by atomic mass is 16.7.